The number of rotatable bonds is 7. The predicted octanol–water partition coefficient (Wildman–Crippen LogP) is 4.20. The van der Waals surface area contributed by atoms with Gasteiger partial charge in [0.1, 0.15) is 5.76 Å². The smallest absolute Gasteiger partial charge is 0.234 e. The van der Waals surface area contributed by atoms with Crippen LogP contribution in [0, 0.1) is 0 Å². The molecule has 31 heavy (non-hydrogen) atoms. The minimum atomic E-state index is -0.0709. The molecule has 1 aliphatic rings. The van der Waals surface area contributed by atoms with Gasteiger partial charge in [-0.2, -0.15) is 0 Å². The molecule has 3 aromatic heterocycles. The van der Waals surface area contributed by atoms with Gasteiger partial charge >= 0.3 is 0 Å². The average molecular weight is 432 g/mol. The molecule has 1 amide bonds. The molecule has 0 aliphatic heterocycles. The largest absolute Gasteiger partial charge is 0.467 e. The Hall–Kier alpha value is -3.39. The fraction of sp³-hybridized carbons (Fsp3) is 0.217. The summed E-state index contributed by atoms with van der Waals surface area (Å²) in [6.45, 7) is 0.471. The molecule has 1 N–H and O–H groups in total. The van der Waals surface area contributed by atoms with Gasteiger partial charge in [0.25, 0.3) is 0 Å². The molecule has 7 nitrogen and oxygen atoms in total. The molecular weight excluding hydrogens is 410 g/mol. The van der Waals surface area contributed by atoms with E-state index < -0.39 is 0 Å². The van der Waals surface area contributed by atoms with Crippen molar-refractivity contribution in [3.05, 3.63) is 78.0 Å². The van der Waals surface area contributed by atoms with Crippen LogP contribution in [0.1, 0.15) is 23.3 Å². The second-order valence-electron chi connectivity index (χ2n) is 7.39. The first kappa shape index (κ1) is 19.6. The molecule has 5 rings (SSSR count). The lowest BCUT2D eigenvalue weighted by molar-refractivity contribution is -0.113. The van der Waals surface area contributed by atoms with Gasteiger partial charge in [0.2, 0.25) is 5.91 Å². The minimum absolute atomic E-state index is 0.0709. The van der Waals surface area contributed by atoms with Crippen molar-refractivity contribution < 1.29 is 9.21 Å². The minimum Gasteiger partial charge on any atom is -0.467 e. The molecule has 8 heteroatoms. The van der Waals surface area contributed by atoms with Crippen LogP contribution in [0.3, 0.4) is 0 Å². The highest BCUT2D eigenvalue weighted by molar-refractivity contribution is 7.99. The van der Waals surface area contributed by atoms with E-state index in [-0.39, 0.29) is 11.7 Å². The van der Waals surface area contributed by atoms with E-state index in [1.165, 1.54) is 29.3 Å². The molecule has 1 aromatic carbocycles. The summed E-state index contributed by atoms with van der Waals surface area (Å²) in [7, 11) is 0. The summed E-state index contributed by atoms with van der Waals surface area (Å²) >= 11 is 1.35. The summed E-state index contributed by atoms with van der Waals surface area (Å²) in [6, 6.07) is 13.7. The molecule has 3 heterocycles. The number of hydrogen-bond acceptors (Lipinski definition) is 6. The fourth-order valence-corrected chi connectivity index (χ4v) is 4.52. The molecule has 0 unspecified atom stereocenters. The molecule has 0 saturated carbocycles. The predicted molar refractivity (Wildman–Crippen MR) is 119 cm³/mol. The van der Waals surface area contributed by atoms with Crippen molar-refractivity contribution in [1.82, 2.24) is 19.7 Å². The van der Waals surface area contributed by atoms with Crippen molar-refractivity contribution in [1.29, 1.82) is 0 Å². The molecule has 0 saturated heterocycles. The Morgan fingerprint density at radius 3 is 2.90 bits per heavy atom. The average Bonchev–Trinajstić information content (AvgIpc) is 3.54. The number of hydrogen-bond donors (Lipinski definition) is 1. The van der Waals surface area contributed by atoms with Gasteiger partial charge < -0.3 is 9.73 Å². The molecular formula is C23H21N5O2S. The van der Waals surface area contributed by atoms with Gasteiger partial charge in [-0.1, -0.05) is 17.8 Å². The van der Waals surface area contributed by atoms with E-state index in [0.717, 1.165) is 29.9 Å². The third kappa shape index (κ3) is 4.39. The molecule has 0 spiro atoms. The number of fused-ring (bicyclic) bond motifs is 1. The Kier molecular flexibility index (Phi) is 5.54. The third-order valence-electron chi connectivity index (χ3n) is 5.25. The Bertz CT molecular complexity index is 1190. The van der Waals surface area contributed by atoms with Crippen LogP contribution in [0.15, 0.2) is 70.7 Å². The van der Waals surface area contributed by atoms with Crippen LogP contribution < -0.4 is 5.32 Å². The Morgan fingerprint density at radius 1 is 1.13 bits per heavy atom. The van der Waals surface area contributed by atoms with Crippen molar-refractivity contribution in [3.63, 3.8) is 0 Å². The van der Waals surface area contributed by atoms with Crippen LogP contribution in [0.2, 0.25) is 0 Å². The van der Waals surface area contributed by atoms with E-state index in [1.807, 2.05) is 34.9 Å². The first-order chi connectivity index (χ1) is 15.3. The van der Waals surface area contributed by atoms with Gasteiger partial charge in [-0.15, -0.1) is 10.2 Å². The zero-order valence-corrected chi connectivity index (χ0v) is 17.6. The number of thioether (sulfide) groups is 1. The highest BCUT2D eigenvalue weighted by atomic mass is 32.2. The second-order valence-corrected chi connectivity index (χ2v) is 8.33. The van der Waals surface area contributed by atoms with Crippen LogP contribution >= 0.6 is 11.8 Å². The monoisotopic (exact) mass is 431 g/mol. The van der Waals surface area contributed by atoms with Crippen molar-refractivity contribution in [2.24, 2.45) is 0 Å². The number of carbonyl (C=O) groups is 1. The quantitative estimate of drug-likeness (QED) is 0.442. The highest BCUT2D eigenvalue weighted by Gasteiger charge is 2.18. The number of pyridine rings is 1. The molecule has 0 bridgehead atoms. The number of benzene rings is 1. The van der Waals surface area contributed by atoms with E-state index in [9.17, 15) is 4.79 Å². The topological polar surface area (TPSA) is 85.8 Å². The van der Waals surface area contributed by atoms with E-state index in [2.05, 4.69) is 32.6 Å². The van der Waals surface area contributed by atoms with Crippen LogP contribution in [0.4, 0.5) is 5.69 Å². The molecule has 1 aliphatic carbocycles. The lowest BCUT2D eigenvalue weighted by atomic mass is 10.1. The summed E-state index contributed by atoms with van der Waals surface area (Å²) in [4.78, 5) is 16.8. The first-order valence-electron chi connectivity index (χ1n) is 10.2. The van der Waals surface area contributed by atoms with Crippen LogP contribution in [-0.4, -0.2) is 31.4 Å². The van der Waals surface area contributed by atoms with E-state index in [1.54, 1.807) is 18.7 Å². The number of nitrogens with one attached hydrogen (secondary N) is 1. The maximum absolute atomic E-state index is 12.6. The molecule has 0 atom stereocenters. The summed E-state index contributed by atoms with van der Waals surface area (Å²) in [5.41, 5.74) is 4.43. The summed E-state index contributed by atoms with van der Waals surface area (Å²) in [6.07, 6.45) is 8.51. The summed E-state index contributed by atoms with van der Waals surface area (Å²) in [5.74, 6) is 1.64. The lowest BCUT2D eigenvalue weighted by Crippen LogP contribution is -2.15. The Morgan fingerprint density at radius 2 is 2.06 bits per heavy atom. The van der Waals surface area contributed by atoms with Crippen LogP contribution in [0.5, 0.6) is 0 Å². The van der Waals surface area contributed by atoms with Gasteiger partial charge in [-0.25, -0.2) is 0 Å². The fourth-order valence-electron chi connectivity index (χ4n) is 3.78. The summed E-state index contributed by atoms with van der Waals surface area (Å²) in [5, 5.41) is 12.3. The standard InChI is InChI=1S/C23H21N5O2S/c29-21(25-19-9-8-16-4-1-5-17(16)12-19)15-31-23-27-26-22(18-6-2-10-24-13-18)28(23)14-20-7-3-11-30-20/h2-3,6-13H,1,4-5,14-15H2,(H,25,29). The van der Waals surface area contributed by atoms with Crippen molar-refractivity contribution in [3.8, 4) is 11.4 Å². The van der Waals surface area contributed by atoms with Gasteiger partial charge in [0.15, 0.2) is 11.0 Å². The first-order valence-corrected chi connectivity index (χ1v) is 11.2. The van der Waals surface area contributed by atoms with E-state index >= 15 is 0 Å². The molecule has 4 aromatic rings. The number of amides is 1. The maximum Gasteiger partial charge on any atom is 0.234 e. The number of anilines is 1. The zero-order chi connectivity index (χ0) is 21.0. The molecule has 0 radical (unpaired) electrons. The van der Waals surface area contributed by atoms with Crippen molar-refractivity contribution in [2.45, 2.75) is 31.0 Å². The van der Waals surface area contributed by atoms with Crippen molar-refractivity contribution in [2.75, 3.05) is 11.1 Å². The number of aryl methyl sites for hydroxylation is 2. The normalized spacial score (nSPS) is 12.6. The lowest BCUT2D eigenvalue weighted by Gasteiger charge is -2.09. The van der Waals surface area contributed by atoms with Crippen molar-refractivity contribution >= 4 is 23.4 Å². The number of furan rings is 1. The molecule has 0 fully saturated rings. The van der Waals surface area contributed by atoms with Crippen LogP contribution in [0.25, 0.3) is 11.4 Å². The number of aromatic nitrogens is 4. The summed E-state index contributed by atoms with van der Waals surface area (Å²) < 4.78 is 7.46. The number of nitrogens with zero attached hydrogens (tertiary/aromatic N) is 4. The Balaban J connectivity index is 1.31. The van der Waals surface area contributed by atoms with Crippen LogP contribution in [-0.2, 0) is 24.2 Å². The van der Waals surface area contributed by atoms with Gasteiger partial charge in [0.05, 0.1) is 18.6 Å². The SMILES string of the molecule is O=C(CSc1nnc(-c2cccnc2)n1Cc1ccco1)Nc1ccc2c(c1)CCC2. The zero-order valence-electron chi connectivity index (χ0n) is 16.8. The van der Waals surface area contributed by atoms with Gasteiger partial charge in [-0.3, -0.25) is 14.3 Å². The highest BCUT2D eigenvalue weighted by Crippen LogP contribution is 2.27. The number of carbonyl (C=O) groups excluding carboxylic acids is 1. The third-order valence-corrected chi connectivity index (χ3v) is 6.21. The van der Waals surface area contributed by atoms with E-state index in [4.69, 9.17) is 4.42 Å². The van der Waals surface area contributed by atoms with E-state index in [0.29, 0.717) is 17.5 Å². The second kappa shape index (κ2) is 8.77. The van der Waals surface area contributed by atoms with Gasteiger partial charge in [-0.05, 0) is 66.8 Å². The van der Waals surface area contributed by atoms with Gasteiger partial charge in [0, 0.05) is 23.6 Å². The Labute approximate surface area is 183 Å². The maximum atomic E-state index is 12.6. The molecule has 156 valence electrons.